The Morgan fingerprint density at radius 3 is 2.37 bits per heavy atom. The van der Waals surface area contributed by atoms with Crippen molar-refractivity contribution >= 4 is 11.0 Å². The molecule has 0 spiro atoms. The number of hydrogen-bond donors (Lipinski definition) is 0. The zero-order valence-corrected chi connectivity index (χ0v) is 13.1. The average Bonchev–Trinajstić information content (AvgIpc) is 2.80. The van der Waals surface area contributed by atoms with Gasteiger partial charge in [0.15, 0.2) is 11.0 Å². The molecule has 0 fully saturated rings. The second-order valence-electron chi connectivity index (χ2n) is 4.50. The quantitative estimate of drug-likeness (QED) is 0.468. The number of aryl methyl sites for hydroxylation is 1. The van der Waals surface area contributed by atoms with E-state index in [-0.39, 0.29) is 24.0 Å². The molecule has 0 amide bonds. The van der Waals surface area contributed by atoms with E-state index >= 15 is 0 Å². The van der Waals surface area contributed by atoms with Gasteiger partial charge in [-0.25, -0.2) is 4.57 Å². The van der Waals surface area contributed by atoms with Gasteiger partial charge >= 0.3 is 0 Å². The van der Waals surface area contributed by atoms with Crippen LogP contribution in [0.3, 0.4) is 0 Å². The molecule has 0 atom stereocenters. The van der Waals surface area contributed by atoms with Crippen LogP contribution in [0.25, 0.3) is 16.7 Å². The predicted molar refractivity (Wildman–Crippen MR) is 73.8 cm³/mol. The molecular formula is C16H17IN2. The smallest absolute Gasteiger partial charge is 0.249 e. The number of nitrogens with zero attached hydrogens (tertiary/aromatic N) is 2. The van der Waals surface area contributed by atoms with Gasteiger partial charge in [0.2, 0.25) is 6.33 Å². The van der Waals surface area contributed by atoms with Crippen molar-refractivity contribution in [1.29, 1.82) is 0 Å². The molecule has 0 aliphatic rings. The molecule has 0 aliphatic carbocycles. The molecule has 3 rings (SSSR count). The summed E-state index contributed by atoms with van der Waals surface area (Å²) in [4.78, 5) is 0. The van der Waals surface area contributed by atoms with E-state index in [4.69, 9.17) is 0 Å². The Hall–Kier alpha value is -1.36. The van der Waals surface area contributed by atoms with E-state index in [0.717, 1.165) is 13.0 Å². The Labute approximate surface area is 130 Å². The third-order valence-corrected chi connectivity index (χ3v) is 3.20. The number of fused-ring (bicyclic) bond motifs is 1. The first-order valence-corrected chi connectivity index (χ1v) is 6.45. The van der Waals surface area contributed by atoms with E-state index in [9.17, 15) is 0 Å². The van der Waals surface area contributed by atoms with Crippen LogP contribution in [0.2, 0.25) is 0 Å². The summed E-state index contributed by atoms with van der Waals surface area (Å²) in [5, 5.41) is 0. The van der Waals surface area contributed by atoms with Gasteiger partial charge < -0.3 is 24.0 Å². The van der Waals surface area contributed by atoms with E-state index in [0.29, 0.717) is 0 Å². The van der Waals surface area contributed by atoms with Crippen LogP contribution in [-0.2, 0) is 6.54 Å². The first-order valence-electron chi connectivity index (χ1n) is 6.45. The zero-order chi connectivity index (χ0) is 12.4. The van der Waals surface area contributed by atoms with Crippen molar-refractivity contribution in [3.8, 4) is 5.69 Å². The normalized spacial score (nSPS) is 10.4. The van der Waals surface area contributed by atoms with E-state index < -0.39 is 0 Å². The lowest BCUT2D eigenvalue weighted by atomic mass is 10.3. The average molecular weight is 364 g/mol. The fourth-order valence-electron chi connectivity index (χ4n) is 2.39. The van der Waals surface area contributed by atoms with Crippen molar-refractivity contribution < 1.29 is 28.5 Å². The minimum atomic E-state index is 0. The van der Waals surface area contributed by atoms with Gasteiger partial charge in [0.05, 0.1) is 6.54 Å². The summed E-state index contributed by atoms with van der Waals surface area (Å²) in [5.41, 5.74) is 3.77. The Morgan fingerprint density at radius 1 is 0.947 bits per heavy atom. The molecule has 0 saturated carbocycles. The van der Waals surface area contributed by atoms with Gasteiger partial charge in [0.25, 0.3) is 0 Å². The number of para-hydroxylation sites is 3. The Balaban J connectivity index is 0.00000133. The topological polar surface area (TPSA) is 8.81 Å². The largest absolute Gasteiger partial charge is 1.00 e. The number of halogens is 1. The summed E-state index contributed by atoms with van der Waals surface area (Å²) >= 11 is 0. The van der Waals surface area contributed by atoms with Gasteiger partial charge in [0, 0.05) is 0 Å². The fourth-order valence-corrected chi connectivity index (χ4v) is 2.39. The molecule has 0 unspecified atom stereocenters. The van der Waals surface area contributed by atoms with Crippen LogP contribution in [0.15, 0.2) is 60.9 Å². The molecule has 2 nitrogen and oxygen atoms in total. The maximum absolute atomic E-state index is 2.32. The maximum atomic E-state index is 2.32. The summed E-state index contributed by atoms with van der Waals surface area (Å²) in [6.45, 7) is 3.27. The molecule has 0 saturated heterocycles. The number of aromatic nitrogens is 2. The van der Waals surface area contributed by atoms with Gasteiger partial charge in [-0.2, -0.15) is 4.57 Å². The Kier molecular flexibility index (Phi) is 4.58. The summed E-state index contributed by atoms with van der Waals surface area (Å²) < 4.78 is 4.58. The lowest BCUT2D eigenvalue weighted by Gasteiger charge is -1.95. The number of imidazole rings is 1. The molecule has 3 aromatic rings. The van der Waals surface area contributed by atoms with Crippen molar-refractivity contribution in [3.63, 3.8) is 0 Å². The Morgan fingerprint density at radius 2 is 1.63 bits per heavy atom. The highest BCUT2D eigenvalue weighted by molar-refractivity contribution is 5.73. The van der Waals surface area contributed by atoms with Crippen LogP contribution < -0.4 is 28.5 Å². The van der Waals surface area contributed by atoms with Gasteiger partial charge in [-0.1, -0.05) is 37.3 Å². The molecule has 2 aromatic carbocycles. The number of hydrogen-bond acceptors (Lipinski definition) is 0. The lowest BCUT2D eigenvalue weighted by molar-refractivity contribution is -0.671. The van der Waals surface area contributed by atoms with Gasteiger partial charge in [0.1, 0.15) is 5.69 Å². The third-order valence-electron chi connectivity index (χ3n) is 3.20. The van der Waals surface area contributed by atoms with Crippen LogP contribution in [0.1, 0.15) is 13.3 Å². The molecular weight excluding hydrogens is 347 g/mol. The first-order chi connectivity index (χ1) is 8.90. The lowest BCUT2D eigenvalue weighted by Crippen LogP contribution is -3.00. The molecule has 1 heterocycles. The van der Waals surface area contributed by atoms with Crippen LogP contribution in [0, 0.1) is 0 Å². The molecule has 98 valence electrons. The fraction of sp³-hybridized carbons (Fsp3) is 0.188. The Bertz CT molecular complexity index is 659. The number of benzene rings is 2. The van der Waals surface area contributed by atoms with Crippen LogP contribution in [0.4, 0.5) is 0 Å². The van der Waals surface area contributed by atoms with Gasteiger partial charge in [-0.3, -0.25) is 0 Å². The molecule has 1 aromatic heterocycles. The minimum Gasteiger partial charge on any atom is -1.00 e. The van der Waals surface area contributed by atoms with E-state index in [2.05, 4.69) is 77.0 Å². The highest BCUT2D eigenvalue weighted by atomic mass is 127. The summed E-state index contributed by atoms with van der Waals surface area (Å²) in [6.07, 6.45) is 3.34. The standard InChI is InChI=1S/C16H17N2.HI/c1-2-12-17-13-18(14-8-4-3-5-9-14)16-11-7-6-10-15(16)17;/h3-11,13H,2,12H2,1H3;1H/q+1;/p-1. The summed E-state index contributed by atoms with van der Waals surface area (Å²) in [6, 6.07) is 19.0. The van der Waals surface area contributed by atoms with E-state index in [1.54, 1.807) is 0 Å². The first kappa shape index (κ1) is 14.1. The van der Waals surface area contributed by atoms with Gasteiger partial charge in [-0.05, 0) is 30.7 Å². The van der Waals surface area contributed by atoms with Crippen LogP contribution in [0.5, 0.6) is 0 Å². The molecule has 19 heavy (non-hydrogen) atoms. The van der Waals surface area contributed by atoms with Crippen molar-refractivity contribution in [2.75, 3.05) is 0 Å². The SMILES string of the molecule is CCC[n+]1cn(-c2ccccc2)c2ccccc21.[I-]. The second-order valence-corrected chi connectivity index (χ2v) is 4.50. The van der Waals surface area contributed by atoms with E-state index in [1.165, 1.54) is 16.7 Å². The summed E-state index contributed by atoms with van der Waals surface area (Å²) in [7, 11) is 0. The molecule has 0 bridgehead atoms. The molecule has 0 N–H and O–H groups in total. The zero-order valence-electron chi connectivity index (χ0n) is 11.0. The molecule has 3 heteroatoms. The maximum Gasteiger partial charge on any atom is 0.249 e. The third kappa shape index (κ3) is 2.66. The van der Waals surface area contributed by atoms with Crippen molar-refractivity contribution in [2.24, 2.45) is 0 Å². The van der Waals surface area contributed by atoms with Crippen molar-refractivity contribution in [3.05, 3.63) is 60.9 Å². The summed E-state index contributed by atoms with van der Waals surface area (Å²) in [5.74, 6) is 0. The highest BCUT2D eigenvalue weighted by Gasteiger charge is 2.15. The van der Waals surface area contributed by atoms with Crippen LogP contribution in [-0.4, -0.2) is 4.57 Å². The number of rotatable bonds is 3. The highest BCUT2D eigenvalue weighted by Crippen LogP contribution is 2.16. The second kappa shape index (κ2) is 6.19. The van der Waals surface area contributed by atoms with Crippen LogP contribution >= 0.6 is 0 Å². The molecule has 0 aliphatic heterocycles. The minimum absolute atomic E-state index is 0. The monoisotopic (exact) mass is 364 g/mol. The van der Waals surface area contributed by atoms with E-state index in [1.807, 2.05) is 0 Å². The predicted octanol–water partition coefficient (Wildman–Crippen LogP) is 0.332. The molecule has 0 radical (unpaired) electrons. The van der Waals surface area contributed by atoms with Crippen molar-refractivity contribution in [2.45, 2.75) is 19.9 Å². The van der Waals surface area contributed by atoms with Crippen molar-refractivity contribution in [1.82, 2.24) is 4.57 Å². The van der Waals surface area contributed by atoms with Gasteiger partial charge in [-0.15, -0.1) is 0 Å².